The molecular formula is C22H22ClN5O5. The molecule has 11 heteroatoms. The van der Waals surface area contributed by atoms with Crippen molar-refractivity contribution in [3.63, 3.8) is 0 Å². The lowest BCUT2D eigenvalue weighted by molar-refractivity contribution is -0.119. The molecule has 3 rings (SSSR count). The third kappa shape index (κ3) is 7.04. The van der Waals surface area contributed by atoms with Gasteiger partial charge in [0.2, 0.25) is 0 Å². The number of nitrogens with one attached hydrogen (secondary N) is 2. The van der Waals surface area contributed by atoms with Gasteiger partial charge in [-0.2, -0.15) is 5.10 Å². The molecular weight excluding hydrogens is 450 g/mol. The Kier molecular flexibility index (Phi) is 7.29. The van der Waals surface area contributed by atoms with Gasteiger partial charge < -0.3 is 14.8 Å². The fraction of sp³-hybridized carbons (Fsp3) is 0.227. The van der Waals surface area contributed by atoms with Crippen molar-refractivity contribution >= 4 is 40.9 Å². The maximum atomic E-state index is 12.4. The Balaban J connectivity index is 1.60. The third-order valence-electron chi connectivity index (χ3n) is 3.98. The highest BCUT2D eigenvalue weighted by molar-refractivity contribution is 6.31. The van der Waals surface area contributed by atoms with Crippen LogP contribution in [-0.2, 0) is 14.3 Å². The molecule has 0 aliphatic heterocycles. The van der Waals surface area contributed by atoms with Gasteiger partial charge in [-0.3, -0.25) is 10.1 Å². The molecule has 3 aromatic rings. The van der Waals surface area contributed by atoms with E-state index < -0.39 is 30.2 Å². The van der Waals surface area contributed by atoms with E-state index in [1.807, 2.05) is 0 Å². The smallest absolute Gasteiger partial charge is 0.412 e. The summed E-state index contributed by atoms with van der Waals surface area (Å²) in [6.07, 6.45) is 2.17. The molecule has 0 aliphatic carbocycles. The number of rotatable bonds is 6. The van der Waals surface area contributed by atoms with E-state index in [2.05, 4.69) is 20.7 Å². The van der Waals surface area contributed by atoms with Crippen LogP contribution in [0.3, 0.4) is 0 Å². The number of ether oxygens (including phenoxy) is 2. The quantitative estimate of drug-likeness (QED) is 0.519. The Hall–Kier alpha value is -3.92. The molecule has 0 spiro atoms. The van der Waals surface area contributed by atoms with Crippen LogP contribution in [0.4, 0.5) is 16.2 Å². The minimum absolute atomic E-state index is 0.155. The highest BCUT2D eigenvalue weighted by Crippen LogP contribution is 2.24. The first-order valence-electron chi connectivity index (χ1n) is 9.82. The number of benzene rings is 2. The molecule has 0 unspecified atom stereocenters. The molecule has 0 atom stereocenters. The predicted molar refractivity (Wildman–Crippen MR) is 122 cm³/mol. The minimum Gasteiger partial charge on any atom is -0.452 e. The van der Waals surface area contributed by atoms with Gasteiger partial charge in [-0.15, -0.1) is 0 Å². The van der Waals surface area contributed by atoms with Crippen LogP contribution in [0.5, 0.6) is 0 Å². The monoisotopic (exact) mass is 471 g/mol. The fourth-order valence-corrected chi connectivity index (χ4v) is 2.86. The Morgan fingerprint density at radius 3 is 2.58 bits per heavy atom. The highest BCUT2D eigenvalue weighted by Gasteiger charge is 2.17. The van der Waals surface area contributed by atoms with Crippen LogP contribution in [0, 0.1) is 0 Å². The standard InChI is InChI=1S/C22H22ClN5O5/c1-22(2,3)33-21(31)26-16-6-4-5-14(9-16)20(30)32-11-19(29)27-17-10-15(23)7-8-18(17)28-13-24-12-25-28/h4-10,12-13H,11H2,1-3H3,(H,26,31)(H,27,29). The minimum atomic E-state index is -0.736. The molecule has 0 aliphatic rings. The van der Waals surface area contributed by atoms with Crippen LogP contribution in [0.1, 0.15) is 31.1 Å². The average Bonchev–Trinajstić information content (AvgIpc) is 3.25. The molecule has 10 nitrogen and oxygen atoms in total. The van der Waals surface area contributed by atoms with E-state index in [1.54, 1.807) is 51.1 Å². The summed E-state index contributed by atoms with van der Waals surface area (Å²) in [7, 11) is 0. The lowest BCUT2D eigenvalue weighted by Gasteiger charge is -2.19. The fourth-order valence-electron chi connectivity index (χ4n) is 2.69. The molecule has 2 N–H and O–H groups in total. The molecule has 1 heterocycles. The number of esters is 1. The van der Waals surface area contributed by atoms with E-state index in [9.17, 15) is 14.4 Å². The topological polar surface area (TPSA) is 124 Å². The number of aromatic nitrogens is 3. The van der Waals surface area contributed by atoms with Gasteiger partial charge in [0.15, 0.2) is 6.61 Å². The summed E-state index contributed by atoms with van der Waals surface area (Å²) in [6.45, 7) is 4.68. The number of carbonyl (C=O) groups is 3. The zero-order chi connectivity index (χ0) is 24.0. The summed E-state index contributed by atoms with van der Waals surface area (Å²) in [5, 5.41) is 9.62. The van der Waals surface area contributed by atoms with E-state index in [-0.39, 0.29) is 5.56 Å². The van der Waals surface area contributed by atoms with Gasteiger partial charge >= 0.3 is 12.1 Å². The maximum absolute atomic E-state index is 12.4. The normalized spacial score (nSPS) is 10.9. The molecule has 2 amide bonds. The number of amides is 2. The van der Waals surface area contributed by atoms with Gasteiger partial charge in [0, 0.05) is 10.7 Å². The number of hydrogen-bond donors (Lipinski definition) is 2. The van der Waals surface area contributed by atoms with Crippen molar-refractivity contribution in [1.29, 1.82) is 0 Å². The van der Waals surface area contributed by atoms with E-state index in [4.69, 9.17) is 21.1 Å². The van der Waals surface area contributed by atoms with E-state index in [1.165, 1.54) is 29.5 Å². The summed E-state index contributed by atoms with van der Waals surface area (Å²) in [4.78, 5) is 40.6. The third-order valence-corrected chi connectivity index (χ3v) is 4.21. The van der Waals surface area contributed by atoms with Crippen LogP contribution in [0.2, 0.25) is 5.02 Å². The highest BCUT2D eigenvalue weighted by atomic mass is 35.5. The zero-order valence-corrected chi connectivity index (χ0v) is 18.9. The Bertz CT molecular complexity index is 1160. The molecule has 0 radical (unpaired) electrons. The number of anilines is 2. The first-order valence-corrected chi connectivity index (χ1v) is 10.2. The second kappa shape index (κ2) is 10.1. The van der Waals surface area contributed by atoms with Gasteiger partial charge in [-0.25, -0.2) is 19.3 Å². The van der Waals surface area contributed by atoms with Crippen LogP contribution in [-0.4, -0.2) is 44.9 Å². The number of hydrogen-bond acceptors (Lipinski definition) is 7. The lowest BCUT2D eigenvalue weighted by Crippen LogP contribution is -2.27. The van der Waals surface area contributed by atoms with Crippen molar-refractivity contribution in [1.82, 2.24) is 14.8 Å². The summed E-state index contributed by atoms with van der Waals surface area (Å²) >= 11 is 6.03. The Morgan fingerprint density at radius 1 is 1.09 bits per heavy atom. The second-order valence-electron chi connectivity index (χ2n) is 7.83. The zero-order valence-electron chi connectivity index (χ0n) is 18.2. The van der Waals surface area contributed by atoms with Gasteiger partial charge in [-0.1, -0.05) is 17.7 Å². The Labute approximate surface area is 194 Å². The first kappa shape index (κ1) is 23.7. The van der Waals surface area contributed by atoms with Crippen molar-refractivity contribution < 1.29 is 23.9 Å². The Morgan fingerprint density at radius 2 is 1.88 bits per heavy atom. The van der Waals surface area contributed by atoms with Crippen LogP contribution < -0.4 is 10.6 Å². The summed E-state index contributed by atoms with van der Waals surface area (Å²) in [5.41, 5.74) is 0.752. The second-order valence-corrected chi connectivity index (χ2v) is 8.27. The average molecular weight is 472 g/mol. The summed E-state index contributed by atoms with van der Waals surface area (Å²) < 4.78 is 11.7. The van der Waals surface area contributed by atoms with Crippen molar-refractivity contribution in [2.45, 2.75) is 26.4 Å². The van der Waals surface area contributed by atoms with E-state index in [0.29, 0.717) is 22.1 Å². The molecule has 2 aromatic carbocycles. The molecule has 0 fully saturated rings. The van der Waals surface area contributed by atoms with Crippen LogP contribution >= 0.6 is 11.6 Å². The maximum Gasteiger partial charge on any atom is 0.412 e. The van der Waals surface area contributed by atoms with Gasteiger partial charge in [0.05, 0.1) is 16.9 Å². The van der Waals surface area contributed by atoms with Crippen molar-refractivity contribution in [2.75, 3.05) is 17.2 Å². The van der Waals surface area contributed by atoms with Crippen molar-refractivity contribution in [3.8, 4) is 5.69 Å². The number of halogens is 1. The molecule has 0 saturated heterocycles. The number of carbonyl (C=O) groups excluding carboxylic acids is 3. The SMILES string of the molecule is CC(C)(C)OC(=O)Nc1cccc(C(=O)OCC(=O)Nc2cc(Cl)ccc2-n2cncn2)c1. The summed E-state index contributed by atoms with van der Waals surface area (Å²) in [6, 6.07) is 10.9. The largest absolute Gasteiger partial charge is 0.452 e. The lowest BCUT2D eigenvalue weighted by atomic mass is 10.2. The van der Waals surface area contributed by atoms with E-state index >= 15 is 0 Å². The molecule has 33 heavy (non-hydrogen) atoms. The van der Waals surface area contributed by atoms with Crippen LogP contribution in [0.15, 0.2) is 55.1 Å². The van der Waals surface area contributed by atoms with Crippen molar-refractivity contribution in [3.05, 3.63) is 65.7 Å². The van der Waals surface area contributed by atoms with Crippen molar-refractivity contribution in [2.24, 2.45) is 0 Å². The molecule has 172 valence electrons. The molecule has 1 aromatic heterocycles. The predicted octanol–water partition coefficient (Wildman–Crippen LogP) is 4.06. The summed E-state index contributed by atoms with van der Waals surface area (Å²) in [5.74, 6) is -1.31. The molecule has 0 saturated carbocycles. The van der Waals surface area contributed by atoms with Gasteiger partial charge in [-0.05, 0) is 57.2 Å². The molecule has 0 bridgehead atoms. The van der Waals surface area contributed by atoms with Gasteiger partial charge in [0.25, 0.3) is 5.91 Å². The number of nitrogens with zero attached hydrogens (tertiary/aromatic N) is 3. The first-order chi connectivity index (χ1) is 15.6. The van der Waals surface area contributed by atoms with Gasteiger partial charge in [0.1, 0.15) is 18.3 Å². The van der Waals surface area contributed by atoms with Crippen LogP contribution in [0.25, 0.3) is 5.69 Å². The van der Waals surface area contributed by atoms with E-state index in [0.717, 1.165) is 0 Å².